The van der Waals surface area contributed by atoms with E-state index in [1.54, 1.807) is 0 Å². The molecule has 1 heterocycles. The molecule has 0 N–H and O–H groups in total. The van der Waals surface area contributed by atoms with Crippen LogP contribution < -0.4 is 0 Å². The number of ketones is 1. The summed E-state index contributed by atoms with van der Waals surface area (Å²) >= 11 is 12.4. The van der Waals surface area contributed by atoms with Gasteiger partial charge in [-0.05, 0) is 25.0 Å². The standard InChI is InChI=1S/C17H21Cl2NO2/c18-14-4-3-5-15(19)13(14)11-22-17-7-2-1-6-16(17)20-9-8-12(21)10-20/h3-5,16-17H,1-2,6-11H2. The molecule has 0 bridgehead atoms. The zero-order valence-electron chi connectivity index (χ0n) is 12.6. The van der Waals surface area contributed by atoms with Gasteiger partial charge in [0.1, 0.15) is 5.78 Å². The first kappa shape index (κ1) is 16.3. The number of carbonyl (C=O) groups excluding carboxylic acids is 1. The summed E-state index contributed by atoms with van der Waals surface area (Å²) in [5, 5.41) is 1.30. The van der Waals surface area contributed by atoms with Gasteiger partial charge in [-0.15, -0.1) is 0 Å². The lowest BCUT2D eigenvalue weighted by molar-refractivity contribution is -0.117. The Morgan fingerprint density at radius 1 is 1.18 bits per heavy atom. The van der Waals surface area contributed by atoms with Gasteiger partial charge in [0.05, 0.1) is 19.3 Å². The number of hydrogen-bond acceptors (Lipinski definition) is 3. The molecular weight excluding hydrogens is 321 g/mol. The Hall–Kier alpha value is -0.610. The summed E-state index contributed by atoms with van der Waals surface area (Å²) in [5.74, 6) is 0.346. The van der Waals surface area contributed by atoms with Crippen LogP contribution in [0.4, 0.5) is 0 Å². The molecule has 1 saturated carbocycles. The highest BCUT2D eigenvalue weighted by atomic mass is 35.5. The van der Waals surface area contributed by atoms with Crippen molar-refractivity contribution < 1.29 is 9.53 Å². The largest absolute Gasteiger partial charge is 0.372 e. The number of ether oxygens (including phenoxy) is 1. The fourth-order valence-electron chi connectivity index (χ4n) is 3.49. The van der Waals surface area contributed by atoms with Crippen LogP contribution in [0.15, 0.2) is 18.2 Å². The van der Waals surface area contributed by atoms with Crippen molar-refractivity contribution in [3.05, 3.63) is 33.8 Å². The lowest BCUT2D eigenvalue weighted by Gasteiger charge is -2.37. The first-order valence-electron chi connectivity index (χ1n) is 7.95. The number of carbonyl (C=O) groups is 1. The monoisotopic (exact) mass is 341 g/mol. The molecule has 2 fully saturated rings. The molecule has 1 saturated heterocycles. The number of nitrogens with zero attached hydrogens (tertiary/aromatic N) is 1. The van der Waals surface area contributed by atoms with Crippen LogP contribution in [-0.4, -0.2) is 35.9 Å². The normalized spacial score (nSPS) is 26.5. The van der Waals surface area contributed by atoms with Crippen molar-refractivity contribution in [3.8, 4) is 0 Å². The minimum atomic E-state index is 0.159. The molecule has 0 radical (unpaired) electrons. The third-order valence-corrected chi connectivity index (χ3v) is 5.41. The van der Waals surface area contributed by atoms with Gasteiger partial charge >= 0.3 is 0 Å². The lowest BCUT2D eigenvalue weighted by atomic mass is 9.91. The van der Waals surface area contributed by atoms with E-state index in [1.165, 1.54) is 12.8 Å². The van der Waals surface area contributed by atoms with E-state index in [-0.39, 0.29) is 6.10 Å². The molecule has 2 atom stereocenters. The molecule has 3 nitrogen and oxygen atoms in total. The average Bonchev–Trinajstić information content (AvgIpc) is 2.93. The average molecular weight is 342 g/mol. The molecule has 5 heteroatoms. The molecule has 1 aliphatic carbocycles. The van der Waals surface area contributed by atoms with Crippen LogP contribution in [0.3, 0.4) is 0 Å². The van der Waals surface area contributed by atoms with Gasteiger partial charge in [0.15, 0.2) is 0 Å². The Morgan fingerprint density at radius 3 is 2.59 bits per heavy atom. The highest BCUT2D eigenvalue weighted by Gasteiger charge is 2.34. The summed E-state index contributed by atoms with van der Waals surface area (Å²) in [7, 11) is 0. The first-order chi connectivity index (χ1) is 10.6. The maximum absolute atomic E-state index is 11.6. The summed E-state index contributed by atoms with van der Waals surface area (Å²) in [5.41, 5.74) is 0.854. The molecule has 2 unspecified atom stereocenters. The van der Waals surface area contributed by atoms with Gasteiger partial charge in [-0.3, -0.25) is 9.69 Å². The van der Waals surface area contributed by atoms with Crippen molar-refractivity contribution in [1.82, 2.24) is 4.90 Å². The lowest BCUT2D eigenvalue weighted by Crippen LogP contribution is -2.45. The van der Waals surface area contributed by atoms with Gasteiger partial charge in [0.2, 0.25) is 0 Å². The number of benzene rings is 1. The Balaban J connectivity index is 1.65. The zero-order valence-corrected chi connectivity index (χ0v) is 14.1. The Labute approximate surface area is 141 Å². The maximum Gasteiger partial charge on any atom is 0.148 e. The maximum atomic E-state index is 11.6. The molecule has 1 aromatic carbocycles. The summed E-state index contributed by atoms with van der Waals surface area (Å²) in [6, 6.07) is 5.86. The molecule has 1 aliphatic heterocycles. The minimum absolute atomic E-state index is 0.159. The predicted octanol–water partition coefficient (Wildman–Crippen LogP) is 4.10. The Kier molecular flexibility index (Phi) is 5.40. The third kappa shape index (κ3) is 3.65. The van der Waals surface area contributed by atoms with E-state index in [2.05, 4.69) is 4.90 Å². The van der Waals surface area contributed by atoms with Crippen LogP contribution >= 0.6 is 23.2 Å². The third-order valence-electron chi connectivity index (χ3n) is 4.70. The van der Waals surface area contributed by atoms with E-state index in [9.17, 15) is 4.79 Å². The molecular formula is C17H21Cl2NO2. The van der Waals surface area contributed by atoms with Crippen molar-refractivity contribution in [3.63, 3.8) is 0 Å². The molecule has 0 aromatic heterocycles. The second kappa shape index (κ2) is 7.31. The summed E-state index contributed by atoms with van der Waals surface area (Å²) in [4.78, 5) is 13.8. The summed E-state index contributed by atoms with van der Waals surface area (Å²) in [6.07, 6.45) is 5.37. The minimum Gasteiger partial charge on any atom is -0.372 e. The highest BCUT2D eigenvalue weighted by Crippen LogP contribution is 2.30. The quantitative estimate of drug-likeness (QED) is 0.825. The number of likely N-dealkylation sites (tertiary alicyclic amines) is 1. The van der Waals surface area contributed by atoms with Crippen LogP contribution in [0.1, 0.15) is 37.7 Å². The van der Waals surface area contributed by atoms with Crippen LogP contribution in [-0.2, 0) is 16.1 Å². The van der Waals surface area contributed by atoms with E-state index in [1.807, 2.05) is 18.2 Å². The van der Waals surface area contributed by atoms with Gasteiger partial charge in [-0.25, -0.2) is 0 Å². The molecule has 3 rings (SSSR count). The van der Waals surface area contributed by atoms with Gasteiger partial charge in [-0.1, -0.05) is 42.1 Å². The van der Waals surface area contributed by atoms with Crippen molar-refractivity contribution in [2.45, 2.75) is 50.9 Å². The molecule has 22 heavy (non-hydrogen) atoms. The number of Topliss-reactive ketones (excluding diaryl/α,β-unsaturated/α-hetero) is 1. The van der Waals surface area contributed by atoms with Gasteiger partial charge < -0.3 is 4.74 Å². The second-order valence-corrected chi connectivity index (χ2v) is 6.98. The molecule has 1 aromatic rings. The topological polar surface area (TPSA) is 29.5 Å². The zero-order chi connectivity index (χ0) is 15.5. The van der Waals surface area contributed by atoms with Crippen LogP contribution in [0.25, 0.3) is 0 Å². The number of halogens is 2. The highest BCUT2D eigenvalue weighted by molar-refractivity contribution is 6.35. The SMILES string of the molecule is O=C1CCN(C2CCCCC2OCc2c(Cl)cccc2Cl)C1. The summed E-state index contributed by atoms with van der Waals surface area (Å²) < 4.78 is 6.17. The van der Waals surface area contributed by atoms with E-state index in [4.69, 9.17) is 27.9 Å². The van der Waals surface area contributed by atoms with Gasteiger partial charge in [-0.2, -0.15) is 0 Å². The van der Waals surface area contributed by atoms with Gasteiger partial charge in [0.25, 0.3) is 0 Å². The Bertz CT molecular complexity index is 529. The Morgan fingerprint density at radius 2 is 1.91 bits per heavy atom. The van der Waals surface area contributed by atoms with Crippen molar-refractivity contribution in [2.24, 2.45) is 0 Å². The number of hydrogen-bond donors (Lipinski definition) is 0. The van der Waals surface area contributed by atoms with E-state index >= 15 is 0 Å². The molecule has 2 aliphatic rings. The van der Waals surface area contributed by atoms with Crippen molar-refractivity contribution in [1.29, 1.82) is 0 Å². The molecule has 0 spiro atoms. The van der Waals surface area contributed by atoms with E-state index in [0.717, 1.165) is 24.9 Å². The fraction of sp³-hybridized carbons (Fsp3) is 0.588. The van der Waals surface area contributed by atoms with Crippen LogP contribution in [0, 0.1) is 0 Å². The fourth-order valence-corrected chi connectivity index (χ4v) is 3.99. The molecule has 120 valence electrons. The number of rotatable bonds is 4. The molecule has 0 amide bonds. The van der Waals surface area contributed by atoms with Crippen molar-refractivity contribution >= 4 is 29.0 Å². The van der Waals surface area contributed by atoms with Crippen molar-refractivity contribution in [2.75, 3.05) is 13.1 Å². The van der Waals surface area contributed by atoms with E-state index < -0.39 is 0 Å². The summed E-state index contributed by atoms with van der Waals surface area (Å²) in [6.45, 7) is 1.88. The second-order valence-electron chi connectivity index (χ2n) is 6.16. The first-order valence-corrected chi connectivity index (χ1v) is 8.71. The van der Waals surface area contributed by atoms with Crippen LogP contribution in [0.2, 0.25) is 10.0 Å². The van der Waals surface area contributed by atoms with Gasteiger partial charge in [0, 0.05) is 34.6 Å². The van der Waals surface area contributed by atoms with E-state index in [0.29, 0.717) is 41.4 Å². The smallest absolute Gasteiger partial charge is 0.148 e. The van der Waals surface area contributed by atoms with Crippen LogP contribution in [0.5, 0.6) is 0 Å². The predicted molar refractivity (Wildman–Crippen MR) is 88.5 cm³/mol.